The number of nitrogens with one attached hydrogen (secondary N) is 1. The van der Waals surface area contributed by atoms with E-state index in [1.54, 1.807) is 15.5 Å². The van der Waals surface area contributed by atoms with E-state index < -0.39 is 6.04 Å². The summed E-state index contributed by atoms with van der Waals surface area (Å²) in [6, 6.07) is 4.09. The summed E-state index contributed by atoms with van der Waals surface area (Å²) in [6.45, 7) is 2.78. The molecule has 4 atom stereocenters. The molecule has 1 aromatic heterocycles. The Hall–Kier alpha value is -2.15. The number of amides is 2. The van der Waals surface area contributed by atoms with Gasteiger partial charge in [-0.15, -0.1) is 0 Å². The normalized spacial score (nSPS) is 28.7. The molecule has 2 amide bonds. The van der Waals surface area contributed by atoms with Crippen LogP contribution in [-0.2, 0) is 16.1 Å². The molecule has 1 aliphatic carbocycles. The summed E-state index contributed by atoms with van der Waals surface area (Å²) in [5.74, 6) is -0.313. The molecule has 1 aromatic rings. The third kappa shape index (κ3) is 3.08. The minimum atomic E-state index is -0.674. The van der Waals surface area contributed by atoms with E-state index in [1.807, 2.05) is 13.0 Å². The lowest BCUT2D eigenvalue weighted by Crippen LogP contribution is -2.50. The zero-order valence-corrected chi connectivity index (χ0v) is 15.6. The zero-order chi connectivity index (χ0) is 19.1. The number of carbonyl (C=O) groups is 2. The maximum atomic E-state index is 13.2. The Morgan fingerprint density at radius 3 is 2.74 bits per heavy atom. The summed E-state index contributed by atoms with van der Waals surface area (Å²) in [5.41, 5.74) is 0.682. The molecule has 7 heteroatoms. The van der Waals surface area contributed by atoms with Crippen LogP contribution < -0.4 is 10.9 Å². The number of fused-ring (bicyclic) bond motifs is 3. The van der Waals surface area contributed by atoms with Gasteiger partial charge in [0.25, 0.3) is 5.56 Å². The van der Waals surface area contributed by atoms with Gasteiger partial charge in [-0.1, -0.05) is 13.0 Å². The molecular formula is C20H27N3O4. The summed E-state index contributed by atoms with van der Waals surface area (Å²) >= 11 is 0. The van der Waals surface area contributed by atoms with E-state index in [2.05, 4.69) is 5.32 Å². The predicted molar refractivity (Wildman–Crippen MR) is 98.8 cm³/mol. The van der Waals surface area contributed by atoms with Crippen LogP contribution >= 0.6 is 0 Å². The SMILES string of the molecule is CCCNC(=O)[C@@H]1[C@@H](CO)[C@@H]2Cn3c(cccc3=O)[C@@H]2N1C(=O)CC1CC1. The number of rotatable bonds is 6. The second-order valence-electron chi connectivity index (χ2n) is 8.04. The number of likely N-dealkylation sites (tertiary alicyclic amines) is 1. The van der Waals surface area contributed by atoms with Crippen LogP contribution in [0.4, 0.5) is 0 Å². The first-order valence-electron chi connectivity index (χ1n) is 9.96. The first-order valence-corrected chi connectivity index (χ1v) is 9.96. The molecule has 0 aromatic carbocycles. The standard InChI is InChI=1S/C20H27N3O4/c1-2-8-21-20(27)19-14(11-24)13-10-22-15(4-3-5-16(22)25)18(13)23(19)17(26)9-12-6-7-12/h3-5,12-14,18-19,24H,2,6-11H2,1H3,(H,21,27)/t13-,14-,18+,19-/m0/s1. The van der Waals surface area contributed by atoms with Crippen molar-refractivity contribution in [1.82, 2.24) is 14.8 Å². The predicted octanol–water partition coefficient (Wildman–Crippen LogP) is 0.665. The van der Waals surface area contributed by atoms with Crippen molar-refractivity contribution in [3.05, 3.63) is 34.2 Å². The Kier molecular flexibility index (Phi) is 4.80. The van der Waals surface area contributed by atoms with Crippen LogP contribution in [-0.4, -0.2) is 45.6 Å². The van der Waals surface area contributed by atoms with Crippen LogP contribution in [0.2, 0.25) is 0 Å². The molecule has 4 rings (SSSR count). The van der Waals surface area contributed by atoms with E-state index in [0.29, 0.717) is 25.4 Å². The van der Waals surface area contributed by atoms with Crippen LogP contribution in [0.15, 0.2) is 23.0 Å². The lowest BCUT2D eigenvalue weighted by Gasteiger charge is -2.31. The van der Waals surface area contributed by atoms with Crippen molar-refractivity contribution >= 4 is 11.8 Å². The summed E-state index contributed by atoms with van der Waals surface area (Å²) in [7, 11) is 0. The van der Waals surface area contributed by atoms with Gasteiger partial charge in [0.15, 0.2) is 0 Å². The summed E-state index contributed by atoms with van der Waals surface area (Å²) < 4.78 is 1.69. The first kappa shape index (κ1) is 18.2. The fraction of sp³-hybridized carbons (Fsp3) is 0.650. The van der Waals surface area contributed by atoms with Crippen molar-refractivity contribution in [3.63, 3.8) is 0 Å². The van der Waals surface area contributed by atoms with Crippen LogP contribution in [0.3, 0.4) is 0 Å². The fourth-order valence-corrected chi connectivity index (χ4v) is 4.74. The summed E-state index contributed by atoms with van der Waals surface area (Å²) in [5, 5.41) is 13.0. The molecule has 2 fully saturated rings. The Bertz CT molecular complexity index is 801. The monoisotopic (exact) mass is 373 g/mol. The molecule has 2 N–H and O–H groups in total. The Labute approximate surface area is 158 Å². The van der Waals surface area contributed by atoms with E-state index in [9.17, 15) is 19.5 Å². The molecule has 2 aliphatic heterocycles. The lowest BCUT2D eigenvalue weighted by atomic mass is 9.88. The molecule has 1 saturated carbocycles. The second kappa shape index (κ2) is 7.11. The van der Waals surface area contributed by atoms with Gasteiger partial charge in [0.1, 0.15) is 6.04 Å². The summed E-state index contributed by atoms with van der Waals surface area (Å²) in [4.78, 5) is 40.0. The molecule has 3 heterocycles. The number of aliphatic hydroxyl groups is 1. The Balaban J connectivity index is 1.73. The molecule has 27 heavy (non-hydrogen) atoms. The van der Waals surface area contributed by atoms with Gasteiger partial charge in [-0.3, -0.25) is 14.4 Å². The molecule has 0 bridgehead atoms. The topological polar surface area (TPSA) is 91.6 Å². The molecule has 0 unspecified atom stereocenters. The van der Waals surface area contributed by atoms with Gasteiger partial charge in [-0.05, 0) is 31.2 Å². The maximum Gasteiger partial charge on any atom is 0.250 e. The van der Waals surface area contributed by atoms with Crippen molar-refractivity contribution < 1.29 is 14.7 Å². The van der Waals surface area contributed by atoms with Gasteiger partial charge in [-0.2, -0.15) is 0 Å². The highest BCUT2D eigenvalue weighted by Gasteiger charge is 2.57. The summed E-state index contributed by atoms with van der Waals surface area (Å²) in [6.07, 6.45) is 3.36. The smallest absolute Gasteiger partial charge is 0.250 e. The highest BCUT2D eigenvalue weighted by atomic mass is 16.3. The third-order valence-corrected chi connectivity index (χ3v) is 6.22. The quantitative estimate of drug-likeness (QED) is 0.767. The molecule has 0 radical (unpaired) electrons. The highest BCUT2D eigenvalue weighted by molar-refractivity contribution is 5.89. The Morgan fingerprint density at radius 2 is 2.07 bits per heavy atom. The lowest BCUT2D eigenvalue weighted by molar-refractivity contribution is -0.142. The van der Waals surface area contributed by atoms with Crippen molar-refractivity contribution in [1.29, 1.82) is 0 Å². The van der Waals surface area contributed by atoms with Crippen molar-refractivity contribution in [2.75, 3.05) is 13.2 Å². The maximum absolute atomic E-state index is 13.2. The van der Waals surface area contributed by atoms with E-state index in [1.165, 1.54) is 6.07 Å². The van der Waals surface area contributed by atoms with Crippen LogP contribution in [0.5, 0.6) is 0 Å². The first-order chi connectivity index (χ1) is 13.1. The largest absolute Gasteiger partial charge is 0.396 e. The number of hydrogen-bond acceptors (Lipinski definition) is 4. The third-order valence-electron chi connectivity index (χ3n) is 6.22. The average Bonchev–Trinajstić information content (AvgIpc) is 3.28. The molecule has 146 valence electrons. The number of aromatic nitrogens is 1. The van der Waals surface area contributed by atoms with E-state index >= 15 is 0 Å². The number of pyridine rings is 1. The molecule has 7 nitrogen and oxygen atoms in total. The van der Waals surface area contributed by atoms with Gasteiger partial charge in [0, 0.05) is 49.7 Å². The minimum Gasteiger partial charge on any atom is -0.396 e. The molecule has 3 aliphatic rings. The van der Waals surface area contributed by atoms with E-state index in [4.69, 9.17) is 0 Å². The van der Waals surface area contributed by atoms with Crippen LogP contribution in [0.25, 0.3) is 0 Å². The number of nitrogens with zero attached hydrogens (tertiary/aromatic N) is 2. The van der Waals surface area contributed by atoms with Crippen LogP contribution in [0.1, 0.15) is 44.3 Å². The Morgan fingerprint density at radius 1 is 1.30 bits per heavy atom. The van der Waals surface area contributed by atoms with Gasteiger partial charge in [0.2, 0.25) is 11.8 Å². The van der Waals surface area contributed by atoms with Crippen LogP contribution in [0, 0.1) is 17.8 Å². The van der Waals surface area contributed by atoms with Crippen molar-refractivity contribution in [2.24, 2.45) is 17.8 Å². The molecule has 1 saturated heterocycles. The van der Waals surface area contributed by atoms with Gasteiger partial charge in [0.05, 0.1) is 6.04 Å². The zero-order valence-electron chi connectivity index (χ0n) is 15.6. The van der Waals surface area contributed by atoms with Gasteiger partial charge < -0.3 is 19.9 Å². The highest BCUT2D eigenvalue weighted by Crippen LogP contribution is 2.50. The van der Waals surface area contributed by atoms with E-state index in [0.717, 1.165) is 25.0 Å². The second-order valence-corrected chi connectivity index (χ2v) is 8.04. The fourth-order valence-electron chi connectivity index (χ4n) is 4.74. The van der Waals surface area contributed by atoms with Crippen molar-refractivity contribution in [3.8, 4) is 0 Å². The average molecular weight is 373 g/mol. The van der Waals surface area contributed by atoms with Gasteiger partial charge >= 0.3 is 0 Å². The van der Waals surface area contributed by atoms with Gasteiger partial charge in [-0.25, -0.2) is 0 Å². The number of carbonyl (C=O) groups excluding carboxylic acids is 2. The molecular weight excluding hydrogens is 346 g/mol. The minimum absolute atomic E-state index is 0.0372. The van der Waals surface area contributed by atoms with E-state index in [-0.39, 0.29) is 41.9 Å². The van der Waals surface area contributed by atoms with Crippen molar-refractivity contribution in [2.45, 2.75) is 51.2 Å². The molecule has 0 spiro atoms. The number of hydrogen-bond donors (Lipinski definition) is 2. The number of aliphatic hydroxyl groups excluding tert-OH is 1.